The second kappa shape index (κ2) is 10.6. The van der Waals surface area contributed by atoms with Crippen molar-refractivity contribution in [1.82, 2.24) is 0 Å². The number of ether oxygens (including phenoxy) is 2. The first-order valence-electron chi connectivity index (χ1n) is 14.6. The quantitative estimate of drug-likeness (QED) is 0.418. The van der Waals surface area contributed by atoms with Gasteiger partial charge in [-0.3, -0.25) is 19.2 Å². The molecule has 2 saturated carbocycles. The van der Waals surface area contributed by atoms with Crippen molar-refractivity contribution in [3.05, 3.63) is 52.6 Å². The van der Waals surface area contributed by atoms with E-state index in [2.05, 4.69) is 36.1 Å². The molecule has 0 amide bonds. The number of allylic oxidation sites excluding steroid dienone is 4. The molecule has 7 heteroatoms. The maximum atomic E-state index is 14.0. The van der Waals surface area contributed by atoms with Crippen LogP contribution in [0.3, 0.4) is 0 Å². The number of rotatable bonds is 7. The molecule has 4 aliphatic carbocycles. The summed E-state index contributed by atoms with van der Waals surface area (Å²) in [4.78, 5) is 52.8. The molecule has 0 heterocycles. The SMILES string of the molecule is CCC(=O)OCC(=O)[C@@]1(OC(C)=O)CC[C@H]2[C@@H]3CCC4=CC(=O)CCC4=C3C(c3ccc(N(C)C)cc3)C[C@@]21C. The van der Waals surface area contributed by atoms with E-state index in [0.717, 1.165) is 31.4 Å². The van der Waals surface area contributed by atoms with Crippen LogP contribution in [0.15, 0.2) is 47.1 Å². The molecule has 7 nitrogen and oxygen atoms in total. The lowest BCUT2D eigenvalue weighted by Crippen LogP contribution is -2.58. The molecule has 40 heavy (non-hydrogen) atoms. The van der Waals surface area contributed by atoms with Gasteiger partial charge >= 0.3 is 11.9 Å². The number of anilines is 1. The van der Waals surface area contributed by atoms with Gasteiger partial charge in [0.25, 0.3) is 0 Å². The minimum Gasteiger partial charge on any atom is -0.457 e. The van der Waals surface area contributed by atoms with Crippen molar-refractivity contribution in [3.8, 4) is 0 Å². The molecule has 214 valence electrons. The van der Waals surface area contributed by atoms with Crippen molar-refractivity contribution in [1.29, 1.82) is 0 Å². The van der Waals surface area contributed by atoms with Crippen LogP contribution in [0.5, 0.6) is 0 Å². The number of nitrogens with zero attached hydrogens (tertiary/aromatic N) is 1. The zero-order valence-corrected chi connectivity index (χ0v) is 24.4. The van der Waals surface area contributed by atoms with E-state index in [1.807, 2.05) is 20.2 Å². The zero-order chi connectivity index (χ0) is 28.8. The van der Waals surface area contributed by atoms with Gasteiger partial charge in [0.2, 0.25) is 5.78 Å². The highest BCUT2D eigenvalue weighted by molar-refractivity contribution is 5.94. The lowest BCUT2D eigenvalue weighted by atomic mass is 9.50. The Kier molecular flexibility index (Phi) is 7.53. The van der Waals surface area contributed by atoms with E-state index in [4.69, 9.17) is 9.47 Å². The number of Topliss-reactive ketones (excluding diaryl/α,β-unsaturated/α-hetero) is 1. The number of benzene rings is 1. The fraction of sp³-hybridized carbons (Fsp3) is 0.576. The number of ketones is 2. The third-order valence-electron chi connectivity index (χ3n) is 10.1. The molecular formula is C33H41NO6. The van der Waals surface area contributed by atoms with Gasteiger partial charge in [0.05, 0.1) is 0 Å². The summed E-state index contributed by atoms with van der Waals surface area (Å²) in [5, 5.41) is 0. The molecule has 0 saturated heterocycles. The van der Waals surface area contributed by atoms with Gasteiger partial charge in [-0.2, -0.15) is 0 Å². The van der Waals surface area contributed by atoms with Crippen LogP contribution >= 0.6 is 0 Å². The van der Waals surface area contributed by atoms with Crippen molar-refractivity contribution in [2.75, 3.05) is 25.6 Å². The number of esters is 2. The first-order valence-corrected chi connectivity index (χ1v) is 14.6. The summed E-state index contributed by atoms with van der Waals surface area (Å²) in [6.45, 7) is 4.77. The van der Waals surface area contributed by atoms with E-state index in [0.29, 0.717) is 19.3 Å². The van der Waals surface area contributed by atoms with E-state index in [1.165, 1.54) is 29.2 Å². The van der Waals surface area contributed by atoms with Gasteiger partial charge in [0.1, 0.15) is 0 Å². The number of hydrogen-bond donors (Lipinski definition) is 0. The first-order chi connectivity index (χ1) is 19.0. The molecule has 0 N–H and O–H groups in total. The molecule has 1 aromatic carbocycles. The summed E-state index contributed by atoms with van der Waals surface area (Å²) in [7, 11) is 4.03. The molecule has 0 radical (unpaired) electrons. The molecule has 2 fully saturated rings. The van der Waals surface area contributed by atoms with E-state index in [-0.39, 0.29) is 35.7 Å². The molecule has 1 unspecified atom stereocenters. The standard InChI is InChI=1S/C33H41NO6/c1-6-30(38)39-19-29(37)33(40-20(2)35)16-15-28-26-13-9-22-17-24(36)12-14-25(22)31(26)27(18-32(28,33)3)21-7-10-23(11-8-21)34(4)5/h7-8,10-11,17,26-28H,6,9,12-16,18-19H2,1-5H3/t26-,27?,28-,32-,33-/m0/s1. The number of fused-ring (bicyclic) bond motifs is 4. The van der Waals surface area contributed by atoms with Crippen molar-refractivity contribution >= 4 is 29.2 Å². The Hall–Kier alpha value is -3.22. The van der Waals surface area contributed by atoms with E-state index >= 15 is 0 Å². The van der Waals surface area contributed by atoms with Crippen molar-refractivity contribution in [2.24, 2.45) is 17.3 Å². The van der Waals surface area contributed by atoms with Gasteiger partial charge in [0.15, 0.2) is 18.0 Å². The summed E-state index contributed by atoms with van der Waals surface area (Å²) in [5.41, 5.74) is 4.19. The van der Waals surface area contributed by atoms with Gasteiger partial charge in [-0.1, -0.05) is 31.6 Å². The zero-order valence-electron chi connectivity index (χ0n) is 24.4. The highest BCUT2D eigenvalue weighted by Crippen LogP contribution is 2.67. The molecule has 1 aromatic rings. The third kappa shape index (κ3) is 4.61. The van der Waals surface area contributed by atoms with Crippen LogP contribution in [-0.4, -0.2) is 49.8 Å². The van der Waals surface area contributed by atoms with E-state index in [9.17, 15) is 19.2 Å². The summed E-state index contributed by atoms with van der Waals surface area (Å²) in [6.07, 6.45) is 6.87. The number of hydrogen-bond acceptors (Lipinski definition) is 7. The Labute approximate surface area is 237 Å². The second-order valence-corrected chi connectivity index (χ2v) is 12.4. The van der Waals surface area contributed by atoms with Gasteiger partial charge in [-0.05, 0) is 85.3 Å². The molecular weight excluding hydrogens is 506 g/mol. The summed E-state index contributed by atoms with van der Waals surface area (Å²) < 4.78 is 11.4. The number of carbonyl (C=O) groups is 4. The third-order valence-corrected chi connectivity index (χ3v) is 10.1. The Morgan fingerprint density at radius 3 is 2.42 bits per heavy atom. The lowest BCUT2D eigenvalue weighted by molar-refractivity contribution is -0.186. The van der Waals surface area contributed by atoms with Gasteiger partial charge in [-0.15, -0.1) is 0 Å². The van der Waals surface area contributed by atoms with E-state index in [1.54, 1.807) is 6.92 Å². The average Bonchev–Trinajstić information content (AvgIpc) is 3.22. The van der Waals surface area contributed by atoms with Crippen molar-refractivity contribution < 1.29 is 28.7 Å². The second-order valence-electron chi connectivity index (χ2n) is 12.4. The van der Waals surface area contributed by atoms with Crippen LogP contribution in [0.1, 0.15) is 83.6 Å². The summed E-state index contributed by atoms with van der Waals surface area (Å²) in [5.74, 6) is -0.683. The predicted octanol–water partition coefficient (Wildman–Crippen LogP) is 5.48. The van der Waals surface area contributed by atoms with E-state index < -0.39 is 29.6 Å². The molecule has 0 spiro atoms. The minimum absolute atomic E-state index is 0.0217. The molecule has 5 rings (SSSR count). The molecule has 0 aliphatic heterocycles. The van der Waals surface area contributed by atoms with Crippen LogP contribution in [0.25, 0.3) is 0 Å². The summed E-state index contributed by atoms with van der Waals surface area (Å²) >= 11 is 0. The molecule has 4 aliphatic rings. The molecule has 0 bridgehead atoms. The van der Waals surface area contributed by atoms with Crippen LogP contribution < -0.4 is 4.90 Å². The van der Waals surface area contributed by atoms with Gasteiger partial charge < -0.3 is 14.4 Å². The predicted molar refractivity (Wildman–Crippen MR) is 152 cm³/mol. The minimum atomic E-state index is -1.35. The first kappa shape index (κ1) is 28.3. The van der Waals surface area contributed by atoms with Crippen LogP contribution in [0, 0.1) is 17.3 Å². The lowest BCUT2D eigenvalue weighted by Gasteiger charge is -2.55. The molecule has 0 aromatic heterocycles. The largest absolute Gasteiger partial charge is 0.457 e. The van der Waals surface area contributed by atoms with Crippen LogP contribution in [0.2, 0.25) is 0 Å². The van der Waals surface area contributed by atoms with Gasteiger partial charge in [0, 0.05) is 50.9 Å². The Morgan fingerprint density at radius 2 is 1.77 bits per heavy atom. The maximum Gasteiger partial charge on any atom is 0.305 e. The summed E-state index contributed by atoms with van der Waals surface area (Å²) in [6, 6.07) is 8.59. The Balaban J connectivity index is 1.64. The monoisotopic (exact) mass is 547 g/mol. The maximum absolute atomic E-state index is 14.0. The molecule has 5 atom stereocenters. The fourth-order valence-electron chi connectivity index (χ4n) is 8.24. The highest BCUT2D eigenvalue weighted by Gasteiger charge is 2.68. The fourth-order valence-corrected chi connectivity index (χ4v) is 8.24. The Morgan fingerprint density at radius 1 is 1.05 bits per heavy atom. The van der Waals surface area contributed by atoms with Crippen molar-refractivity contribution in [3.63, 3.8) is 0 Å². The highest BCUT2D eigenvalue weighted by atomic mass is 16.6. The van der Waals surface area contributed by atoms with Crippen LogP contribution in [-0.2, 0) is 28.7 Å². The van der Waals surface area contributed by atoms with Crippen LogP contribution in [0.4, 0.5) is 5.69 Å². The van der Waals surface area contributed by atoms with Crippen molar-refractivity contribution in [2.45, 2.75) is 83.7 Å². The average molecular weight is 548 g/mol. The topological polar surface area (TPSA) is 90.0 Å². The normalized spacial score (nSPS) is 31.0. The smallest absolute Gasteiger partial charge is 0.305 e. The van der Waals surface area contributed by atoms with Gasteiger partial charge in [-0.25, -0.2) is 0 Å². The number of carbonyl (C=O) groups excluding carboxylic acids is 4. The Bertz CT molecular complexity index is 1290.